The zero-order chi connectivity index (χ0) is 31.3. The zero-order valence-corrected chi connectivity index (χ0v) is 34.9. The van der Waals surface area contributed by atoms with E-state index in [1.54, 1.807) is 5.56 Å². The van der Waals surface area contributed by atoms with Crippen LogP contribution < -0.4 is 0 Å². The van der Waals surface area contributed by atoms with Crippen LogP contribution >= 0.6 is 0 Å². The van der Waals surface area contributed by atoms with Crippen LogP contribution in [0.5, 0.6) is 0 Å². The molecule has 0 bridgehead atoms. The smallest absolute Gasteiger partial charge is 0.456 e. The van der Waals surface area contributed by atoms with E-state index in [0.29, 0.717) is 0 Å². The van der Waals surface area contributed by atoms with E-state index in [1.807, 2.05) is 0 Å². The van der Waals surface area contributed by atoms with Crippen molar-refractivity contribution in [2.24, 2.45) is 16.8 Å². The van der Waals surface area contributed by atoms with E-state index in [2.05, 4.69) is 146 Å². The fourth-order valence-corrected chi connectivity index (χ4v) is 13.6. The number of fused-ring (bicyclic) bond motifs is 3. The topological polar surface area (TPSA) is 12.4 Å². The van der Waals surface area contributed by atoms with Crippen molar-refractivity contribution in [3.8, 4) is 0 Å². The molecule has 4 unspecified atom stereocenters. The predicted molar refractivity (Wildman–Crippen MR) is 199 cm³/mol. The number of hydrogen-bond acceptors (Lipinski definition) is 1. The van der Waals surface area contributed by atoms with Gasteiger partial charge in [-0.3, -0.25) is 0 Å². The van der Waals surface area contributed by atoms with E-state index in [-0.39, 0.29) is 26.2 Å². The SMILES string of the molecule is CC1CC2c3ccccc3C=CC2C1[Si](C)(C)C1CCCC1.Cc1cccc(C)c1N=[C-]C[Si](C)(C)C.[CH2-][Si](C)(C)C.[Zr+4]. The minimum absolute atomic E-state index is 0. The zero-order valence-electron chi connectivity index (χ0n) is 29.5. The van der Waals surface area contributed by atoms with Gasteiger partial charge in [0, 0.05) is 8.07 Å². The van der Waals surface area contributed by atoms with Crippen molar-refractivity contribution in [1.29, 1.82) is 0 Å². The van der Waals surface area contributed by atoms with E-state index in [9.17, 15) is 0 Å². The number of benzene rings is 2. The molecule has 1 nitrogen and oxygen atoms in total. The van der Waals surface area contributed by atoms with E-state index < -0.39 is 24.2 Å². The van der Waals surface area contributed by atoms with Crippen LogP contribution in [0, 0.1) is 32.2 Å². The molecular formula is C38H61NSi3Zr+2. The minimum Gasteiger partial charge on any atom is -0.456 e. The van der Waals surface area contributed by atoms with Gasteiger partial charge in [0.1, 0.15) is 0 Å². The Kier molecular flexibility index (Phi) is 14.6. The van der Waals surface area contributed by atoms with Crippen molar-refractivity contribution in [2.45, 2.75) is 128 Å². The summed E-state index contributed by atoms with van der Waals surface area (Å²) >= 11 is 0. The Morgan fingerprint density at radius 3 is 1.98 bits per heavy atom. The summed E-state index contributed by atoms with van der Waals surface area (Å²) in [5, 5.41) is 0. The molecule has 2 aromatic rings. The first-order chi connectivity index (χ1) is 19.5. The molecule has 0 aromatic heterocycles. The summed E-state index contributed by atoms with van der Waals surface area (Å²) < 4.78 is 0. The molecule has 43 heavy (non-hydrogen) atoms. The van der Waals surface area contributed by atoms with E-state index in [4.69, 9.17) is 0 Å². The fourth-order valence-electron chi connectivity index (χ4n) is 7.65. The number of rotatable bonds is 5. The average molecular weight is 707 g/mol. The van der Waals surface area contributed by atoms with Crippen LogP contribution in [0.1, 0.15) is 67.2 Å². The molecule has 5 rings (SSSR count). The van der Waals surface area contributed by atoms with Gasteiger partial charge >= 0.3 is 26.2 Å². The average Bonchev–Trinajstić information content (AvgIpc) is 3.53. The van der Waals surface area contributed by atoms with Gasteiger partial charge in [-0.25, -0.2) is 0 Å². The van der Waals surface area contributed by atoms with Crippen molar-refractivity contribution in [1.82, 2.24) is 0 Å². The molecule has 0 spiro atoms. The molecule has 0 N–H and O–H groups in total. The van der Waals surface area contributed by atoms with E-state index in [1.165, 1.54) is 48.8 Å². The summed E-state index contributed by atoms with van der Waals surface area (Å²) in [5.41, 5.74) is 8.76. The third kappa shape index (κ3) is 11.3. The van der Waals surface area contributed by atoms with Gasteiger partial charge in [0.05, 0.1) is 8.07 Å². The van der Waals surface area contributed by atoms with Crippen LogP contribution in [0.4, 0.5) is 5.69 Å². The summed E-state index contributed by atoms with van der Waals surface area (Å²) in [6, 6.07) is 16.4. The minimum atomic E-state index is -1.18. The standard InChI is InChI=1S/C21H30Si.C13H20NSi.C4H11Si.Zr/c1-15-14-20-18-11-7-4-8-16(18)12-13-19(20)21(15)22(2,3)17-9-5-6-10-17;1-11-7-6-8-12(2)13(11)14-9-10-15(3,4)5;1-5(2,3)4;/h4,7-8,11-13,15,17,19-21H,5-6,9-10,14H2,1-3H3;6-8H,10H2,1-5H3;1H2,2-4H3;/q;2*-1;+4. The second-order valence-corrected chi connectivity index (χ2v) is 32.2. The molecule has 0 amide bonds. The Labute approximate surface area is 289 Å². The van der Waals surface area contributed by atoms with Gasteiger partial charge < -0.3 is 11.5 Å². The first-order valence-corrected chi connectivity index (χ1v) is 27.2. The molecule has 2 saturated carbocycles. The Morgan fingerprint density at radius 1 is 0.860 bits per heavy atom. The van der Waals surface area contributed by atoms with Crippen molar-refractivity contribution >= 4 is 42.2 Å². The summed E-state index contributed by atoms with van der Waals surface area (Å²) in [7, 11) is -3.09. The van der Waals surface area contributed by atoms with Crippen LogP contribution in [-0.4, -0.2) is 30.4 Å². The molecule has 3 aliphatic carbocycles. The maximum Gasteiger partial charge on any atom is 4.00 e. The summed E-state index contributed by atoms with van der Waals surface area (Å²) in [6.45, 7) is 29.8. The van der Waals surface area contributed by atoms with Crippen LogP contribution in [-0.2, 0) is 26.2 Å². The van der Waals surface area contributed by atoms with Crippen molar-refractivity contribution < 1.29 is 26.2 Å². The normalized spacial score (nSPS) is 23.4. The molecule has 0 saturated heterocycles. The first kappa shape index (κ1) is 38.6. The summed E-state index contributed by atoms with van der Waals surface area (Å²) in [5.74, 6) is 2.54. The van der Waals surface area contributed by atoms with E-state index >= 15 is 0 Å². The van der Waals surface area contributed by atoms with Crippen molar-refractivity contribution in [3.63, 3.8) is 0 Å². The third-order valence-electron chi connectivity index (χ3n) is 9.52. The Morgan fingerprint density at radius 2 is 1.42 bits per heavy atom. The Bertz CT molecular complexity index is 1190. The molecule has 0 aliphatic heterocycles. The van der Waals surface area contributed by atoms with E-state index in [0.717, 1.165) is 40.6 Å². The second kappa shape index (κ2) is 16.3. The van der Waals surface area contributed by atoms with Gasteiger partial charge in [-0.2, -0.15) is 6.21 Å². The second-order valence-electron chi connectivity index (χ2n) is 16.5. The van der Waals surface area contributed by atoms with Crippen molar-refractivity contribution in [2.75, 3.05) is 0 Å². The number of nitrogens with zero attached hydrogens (tertiary/aromatic N) is 1. The van der Waals surface area contributed by atoms with Gasteiger partial charge in [-0.05, 0) is 46.4 Å². The van der Waals surface area contributed by atoms with Gasteiger partial charge in [0.25, 0.3) is 0 Å². The van der Waals surface area contributed by atoms with Crippen LogP contribution in [0.25, 0.3) is 6.08 Å². The monoisotopic (exact) mass is 705 g/mol. The Balaban J connectivity index is 0.000000269. The molecule has 5 heteroatoms. The predicted octanol–water partition coefficient (Wildman–Crippen LogP) is 12.4. The summed E-state index contributed by atoms with van der Waals surface area (Å²) in [6.07, 6.45) is 15.7. The first-order valence-electron chi connectivity index (χ1n) is 16.6. The fraction of sp³-hybridized carbons (Fsp3) is 0.579. The maximum absolute atomic E-state index is 4.48. The van der Waals surface area contributed by atoms with Gasteiger partial charge in [-0.1, -0.05) is 165 Å². The van der Waals surface area contributed by atoms with Crippen LogP contribution in [0.15, 0.2) is 53.5 Å². The van der Waals surface area contributed by atoms with Crippen LogP contribution in [0.2, 0.25) is 69.5 Å². The molecule has 3 aliphatic rings. The molecule has 0 heterocycles. The number of allylic oxidation sites excluding steroid dienone is 1. The van der Waals surface area contributed by atoms with Crippen molar-refractivity contribution in [3.05, 3.63) is 77.3 Å². The molecule has 232 valence electrons. The number of hydrogen-bond donors (Lipinski definition) is 0. The summed E-state index contributed by atoms with van der Waals surface area (Å²) in [4.78, 5) is 4.48. The third-order valence-corrected chi connectivity index (χ3v) is 16.1. The molecule has 2 aromatic carbocycles. The molecule has 4 atom stereocenters. The number of para-hydroxylation sites is 1. The quantitative estimate of drug-likeness (QED) is 0.167. The number of aryl methyl sites for hydroxylation is 2. The molecule has 2 fully saturated rings. The van der Waals surface area contributed by atoms with Gasteiger partial charge in [-0.15, -0.1) is 19.2 Å². The van der Waals surface area contributed by atoms with Gasteiger partial charge in [0.15, 0.2) is 0 Å². The number of aliphatic imine (C=N–C) groups is 1. The maximum atomic E-state index is 4.48. The largest absolute Gasteiger partial charge is 4.00 e. The molecular weight excluding hydrogens is 646 g/mol. The van der Waals surface area contributed by atoms with Gasteiger partial charge in [0.2, 0.25) is 0 Å². The Hall–Kier alpha value is -0.616. The molecule has 0 radical (unpaired) electrons. The van der Waals surface area contributed by atoms with Crippen LogP contribution in [0.3, 0.4) is 0 Å².